The van der Waals surface area contributed by atoms with Gasteiger partial charge in [0.2, 0.25) is 0 Å². The van der Waals surface area contributed by atoms with Crippen molar-refractivity contribution < 1.29 is 0 Å². The molecule has 0 nitrogen and oxygen atoms in total. The molecule has 0 aliphatic heterocycles. The molecule has 1 saturated carbocycles. The Kier molecular flexibility index (Phi) is 4.04. The summed E-state index contributed by atoms with van der Waals surface area (Å²) in [6.45, 7) is 4.70. The van der Waals surface area contributed by atoms with Crippen LogP contribution in [0.5, 0.6) is 0 Å². The molecule has 0 heteroatoms. The van der Waals surface area contributed by atoms with E-state index in [1.807, 2.05) is 0 Å². The van der Waals surface area contributed by atoms with Crippen LogP contribution in [0, 0.1) is 18.8 Å². The van der Waals surface area contributed by atoms with E-state index in [1.54, 1.807) is 5.56 Å². The van der Waals surface area contributed by atoms with E-state index < -0.39 is 0 Å². The second kappa shape index (κ2) is 5.52. The van der Waals surface area contributed by atoms with Gasteiger partial charge in [-0.15, -0.1) is 0 Å². The molecule has 0 spiro atoms. The molecule has 1 aromatic rings. The lowest BCUT2D eigenvalue weighted by atomic mass is 9.83. The first-order valence-electron chi connectivity index (χ1n) is 6.82. The molecule has 1 fully saturated rings. The minimum Gasteiger partial charge on any atom is -0.0622 e. The minimum absolute atomic E-state index is 0.919. The van der Waals surface area contributed by atoms with Gasteiger partial charge >= 0.3 is 0 Å². The lowest BCUT2D eigenvalue weighted by Gasteiger charge is -2.22. The molecular weight excluding hydrogens is 192 g/mol. The summed E-state index contributed by atoms with van der Waals surface area (Å²) in [5, 5.41) is 0. The van der Waals surface area contributed by atoms with Crippen molar-refractivity contribution in [1.29, 1.82) is 0 Å². The molecule has 88 valence electrons. The highest BCUT2D eigenvalue weighted by Crippen LogP contribution is 2.31. The Morgan fingerprint density at radius 2 is 1.81 bits per heavy atom. The predicted molar refractivity (Wildman–Crippen MR) is 70.6 cm³/mol. The lowest BCUT2D eigenvalue weighted by molar-refractivity contribution is 0.335. The van der Waals surface area contributed by atoms with Crippen LogP contribution in [-0.4, -0.2) is 0 Å². The summed E-state index contributed by atoms with van der Waals surface area (Å²) >= 11 is 0. The summed E-state index contributed by atoms with van der Waals surface area (Å²) in [6, 6.07) is 8.89. The Hall–Kier alpha value is -0.780. The van der Waals surface area contributed by atoms with Gasteiger partial charge in [0.05, 0.1) is 0 Å². The molecule has 1 aliphatic carbocycles. The molecule has 0 N–H and O–H groups in total. The quantitative estimate of drug-likeness (QED) is 0.626. The molecule has 2 atom stereocenters. The number of hydrogen-bond acceptors (Lipinski definition) is 0. The Morgan fingerprint density at radius 3 is 2.62 bits per heavy atom. The molecule has 0 aromatic heterocycles. The van der Waals surface area contributed by atoms with Gasteiger partial charge in [0.1, 0.15) is 0 Å². The van der Waals surface area contributed by atoms with Crippen LogP contribution < -0.4 is 0 Å². The molecule has 1 aromatic carbocycles. The summed E-state index contributed by atoms with van der Waals surface area (Å²) in [5.74, 6) is 1.84. The van der Waals surface area contributed by atoms with Crippen molar-refractivity contribution >= 4 is 0 Å². The van der Waals surface area contributed by atoms with E-state index in [-0.39, 0.29) is 0 Å². The van der Waals surface area contributed by atoms with E-state index in [4.69, 9.17) is 0 Å². The topological polar surface area (TPSA) is 0 Å². The zero-order chi connectivity index (χ0) is 11.4. The smallest absolute Gasteiger partial charge is 0.0245 e. The van der Waals surface area contributed by atoms with Gasteiger partial charge in [0.25, 0.3) is 0 Å². The second-order valence-corrected chi connectivity index (χ2v) is 5.51. The normalized spacial score (nSPS) is 26.4. The third kappa shape index (κ3) is 2.87. The molecule has 0 saturated heterocycles. The Labute approximate surface area is 100 Å². The maximum absolute atomic E-state index is 2.45. The summed E-state index contributed by atoms with van der Waals surface area (Å²) < 4.78 is 0. The third-order valence-corrected chi connectivity index (χ3v) is 4.28. The minimum atomic E-state index is 0.919. The van der Waals surface area contributed by atoms with Crippen LogP contribution in [-0.2, 0) is 6.42 Å². The van der Waals surface area contributed by atoms with Crippen molar-refractivity contribution in [2.45, 2.75) is 52.4 Å². The van der Waals surface area contributed by atoms with Gasteiger partial charge in [-0.3, -0.25) is 0 Å². The summed E-state index contributed by atoms with van der Waals surface area (Å²) in [4.78, 5) is 0. The van der Waals surface area contributed by atoms with E-state index in [9.17, 15) is 0 Å². The van der Waals surface area contributed by atoms with Gasteiger partial charge in [-0.25, -0.2) is 0 Å². The molecule has 2 unspecified atom stereocenters. The highest BCUT2D eigenvalue weighted by molar-refractivity contribution is 5.26. The molecule has 0 amide bonds. The Bertz CT molecular complexity index is 327. The molecule has 2 rings (SSSR count). The highest BCUT2D eigenvalue weighted by atomic mass is 14.3. The fourth-order valence-corrected chi connectivity index (χ4v) is 2.99. The zero-order valence-corrected chi connectivity index (χ0v) is 10.7. The van der Waals surface area contributed by atoms with Gasteiger partial charge < -0.3 is 0 Å². The second-order valence-electron chi connectivity index (χ2n) is 5.51. The zero-order valence-electron chi connectivity index (χ0n) is 10.7. The van der Waals surface area contributed by atoms with Gasteiger partial charge in [0.15, 0.2) is 0 Å². The third-order valence-electron chi connectivity index (χ3n) is 4.28. The van der Waals surface area contributed by atoms with Crippen LogP contribution in [0.1, 0.15) is 50.2 Å². The van der Waals surface area contributed by atoms with Crippen molar-refractivity contribution in [2.75, 3.05) is 0 Å². The molecule has 1 aliphatic rings. The SMILES string of the molecule is Cc1ccccc1CC1CCCCCC1C. The average molecular weight is 216 g/mol. The first kappa shape index (κ1) is 11.7. The number of aryl methyl sites for hydroxylation is 1. The number of rotatable bonds is 2. The molecule has 0 heterocycles. The summed E-state index contributed by atoms with van der Waals surface area (Å²) in [5.41, 5.74) is 3.04. The standard InChI is InChI=1S/C16H24/c1-13-8-4-3-5-10-15(13)12-16-11-7-6-9-14(16)2/h6-7,9,11,13,15H,3-5,8,10,12H2,1-2H3. The monoisotopic (exact) mass is 216 g/mol. The lowest BCUT2D eigenvalue weighted by Crippen LogP contribution is -2.13. The van der Waals surface area contributed by atoms with Crippen LogP contribution in [0.2, 0.25) is 0 Å². The van der Waals surface area contributed by atoms with Crippen molar-refractivity contribution in [3.8, 4) is 0 Å². The van der Waals surface area contributed by atoms with Gasteiger partial charge in [-0.1, -0.05) is 56.9 Å². The largest absolute Gasteiger partial charge is 0.0622 e. The Balaban J connectivity index is 2.05. The molecule has 16 heavy (non-hydrogen) atoms. The van der Waals surface area contributed by atoms with Gasteiger partial charge in [-0.05, 0) is 42.7 Å². The fraction of sp³-hybridized carbons (Fsp3) is 0.625. The maximum atomic E-state index is 2.45. The van der Waals surface area contributed by atoms with Crippen LogP contribution in [0.15, 0.2) is 24.3 Å². The Morgan fingerprint density at radius 1 is 1.06 bits per heavy atom. The van der Waals surface area contributed by atoms with Crippen molar-refractivity contribution in [3.05, 3.63) is 35.4 Å². The van der Waals surface area contributed by atoms with Gasteiger partial charge in [0, 0.05) is 0 Å². The molecule has 0 bridgehead atoms. The van der Waals surface area contributed by atoms with Gasteiger partial charge in [-0.2, -0.15) is 0 Å². The summed E-state index contributed by atoms with van der Waals surface area (Å²) in [7, 11) is 0. The van der Waals surface area contributed by atoms with E-state index in [0.29, 0.717) is 0 Å². The fourth-order valence-electron chi connectivity index (χ4n) is 2.99. The van der Waals surface area contributed by atoms with Crippen LogP contribution in [0.4, 0.5) is 0 Å². The van der Waals surface area contributed by atoms with E-state index in [2.05, 4.69) is 38.1 Å². The van der Waals surface area contributed by atoms with Crippen molar-refractivity contribution in [2.24, 2.45) is 11.8 Å². The predicted octanol–water partition coefficient (Wildman–Crippen LogP) is 4.75. The first-order valence-corrected chi connectivity index (χ1v) is 6.82. The maximum Gasteiger partial charge on any atom is -0.0245 e. The van der Waals surface area contributed by atoms with E-state index in [0.717, 1.165) is 11.8 Å². The first-order chi connectivity index (χ1) is 7.77. The average Bonchev–Trinajstić information content (AvgIpc) is 2.48. The molecule has 0 radical (unpaired) electrons. The van der Waals surface area contributed by atoms with Crippen LogP contribution in [0.3, 0.4) is 0 Å². The van der Waals surface area contributed by atoms with Crippen LogP contribution >= 0.6 is 0 Å². The van der Waals surface area contributed by atoms with E-state index in [1.165, 1.54) is 44.1 Å². The summed E-state index contributed by atoms with van der Waals surface area (Å²) in [6.07, 6.45) is 8.53. The number of benzene rings is 1. The van der Waals surface area contributed by atoms with Crippen LogP contribution in [0.25, 0.3) is 0 Å². The molecular formula is C16H24. The van der Waals surface area contributed by atoms with Crippen molar-refractivity contribution in [3.63, 3.8) is 0 Å². The van der Waals surface area contributed by atoms with E-state index >= 15 is 0 Å². The van der Waals surface area contributed by atoms with Crippen molar-refractivity contribution in [1.82, 2.24) is 0 Å². The highest BCUT2D eigenvalue weighted by Gasteiger charge is 2.20. The number of hydrogen-bond donors (Lipinski definition) is 0.